The summed E-state index contributed by atoms with van der Waals surface area (Å²) >= 11 is 0. The second kappa shape index (κ2) is 5.76. The van der Waals surface area contributed by atoms with E-state index in [0.717, 1.165) is 29.8 Å². The predicted molar refractivity (Wildman–Crippen MR) is 91.6 cm³/mol. The molecule has 1 saturated heterocycles. The molecule has 0 saturated carbocycles. The van der Waals surface area contributed by atoms with Crippen molar-refractivity contribution in [3.05, 3.63) is 43.0 Å². The number of anilines is 1. The molecule has 4 rings (SSSR count). The van der Waals surface area contributed by atoms with E-state index in [1.54, 1.807) is 17.2 Å². The summed E-state index contributed by atoms with van der Waals surface area (Å²) < 4.78 is 3.75. The molecule has 1 aliphatic heterocycles. The van der Waals surface area contributed by atoms with Gasteiger partial charge in [0.2, 0.25) is 0 Å². The van der Waals surface area contributed by atoms with Crippen molar-refractivity contribution >= 4 is 22.6 Å². The van der Waals surface area contributed by atoms with Gasteiger partial charge in [-0.25, -0.2) is 4.98 Å². The van der Waals surface area contributed by atoms with Crippen LogP contribution < -0.4 is 10.6 Å². The number of hydrogen-bond acceptors (Lipinski definition) is 4. The molecule has 2 aromatic heterocycles. The summed E-state index contributed by atoms with van der Waals surface area (Å²) in [6.07, 6.45) is 6.79. The number of aromatic nitrogens is 4. The fraction of sp³-hybridized carbons (Fsp3) is 0.353. The third-order valence-corrected chi connectivity index (χ3v) is 4.78. The molecular weight excluding hydrogens is 304 g/mol. The van der Waals surface area contributed by atoms with E-state index in [0.29, 0.717) is 12.8 Å². The third kappa shape index (κ3) is 2.37. The van der Waals surface area contributed by atoms with Gasteiger partial charge in [0, 0.05) is 25.1 Å². The molecule has 0 aliphatic carbocycles. The summed E-state index contributed by atoms with van der Waals surface area (Å²) in [6.45, 7) is 1.60. The zero-order chi connectivity index (χ0) is 16.6. The van der Waals surface area contributed by atoms with Crippen LogP contribution in [0.15, 0.2) is 43.0 Å². The molecule has 1 aliphatic rings. The maximum absolute atomic E-state index is 13.1. The lowest BCUT2D eigenvalue weighted by molar-refractivity contribution is -0.126. The summed E-state index contributed by atoms with van der Waals surface area (Å²) in [5.74, 6) is -0.0250. The number of benzene rings is 1. The Labute approximate surface area is 139 Å². The highest BCUT2D eigenvalue weighted by Gasteiger charge is 2.42. The van der Waals surface area contributed by atoms with Crippen LogP contribution in [0, 0.1) is 0 Å². The van der Waals surface area contributed by atoms with Crippen LogP contribution in [0.3, 0.4) is 0 Å². The van der Waals surface area contributed by atoms with E-state index in [2.05, 4.69) is 20.7 Å². The number of rotatable bonds is 3. The molecule has 24 heavy (non-hydrogen) atoms. The number of imidazole rings is 1. The number of aryl methyl sites for hydroxylation is 1. The molecule has 1 amide bonds. The molecule has 0 atom stereocenters. The quantitative estimate of drug-likeness (QED) is 0.765. The highest BCUT2D eigenvalue weighted by atomic mass is 16.2. The van der Waals surface area contributed by atoms with Crippen LogP contribution in [-0.2, 0) is 17.4 Å². The van der Waals surface area contributed by atoms with Crippen LogP contribution >= 0.6 is 0 Å². The van der Waals surface area contributed by atoms with Crippen LogP contribution in [0.2, 0.25) is 0 Å². The highest BCUT2D eigenvalue weighted by Crippen LogP contribution is 2.29. The Balaban J connectivity index is 1.65. The van der Waals surface area contributed by atoms with Gasteiger partial charge in [0.25, 0.3) is 5.91 Å². The first-order chi connectivity index (χ1) is 11.7. The second-order valence-corrected chi connectivity index (χ2v) is 6.25. The minimum atomic E-state index is -0.645. The van der Waals surface area contributed by atoms with E-state index in [1.165, 1.54) is 0 Å². The van der Waals surface area contributed by atoms with Crippen molar-refractivity contribution in [3.8, 4) is 0 Å². The SMILES string of the molecule is Cn1cnc2cc(NC(=O)C3(n4cccn4)CCNCC3)ccc21. The van der Waals surface area contributed by atoms with E-state index in [9.17, 15) is 4.79 Å². The minimum Gasteiger partial charge on any atom is -0.334 e. The van der Waals surface area contributed by atoms with Crippen LogP contribution in [0.4, 0.5) is 5.69 Å². The lowest BCUT2D eigenvalue weighted by Gasteiger charge is -2.36. The largest absolute Gasteiger partial charge is 0.334 e. The lowest BCUT2D eigenvalue weighted by Crippen LogP contribution is -2.52. The Kier molecular flexibility index (Phi) is 3.57. The molecule has 3 heterocycles. The maximum atomic E-state index is 13.1. The molecule has 3 aromatic rings. The Morgan fingerprint density at radius 2 is 2.17 bits per heavy atom. The van der Waals surface area contributed by atoms with Crippen molar-refractivity contribution < 1.29 is 4.79 Å². The minimum absolute atomic E-state index is 0.0250. The van der Waals surface area contributed by atoms with Crippen LogP contribution in [-0.4, -0.2) is 38.3 Å². The van der Waals surface area contributed by atoms with Crippen molar-refractivity contribution in [1.82, 2.24) is 24.6 Å². The van der Waals surface area contributed by atoms with Gasteiger partial charge >= 0.3 is 0 Å². The fourth-order valence-electron chi connectivity index (χ4n) is 3.38. The average molecular weight is 324 g/mol. The maximum Gasteiger partial charge on any atom is 0.252 e. The van der Waals surface area contributed by atoms with Gasteiger partial charge in [-0.05, 0) is 50.2 Å². The lowest BCUT2D eigenvalue weighted by atomic mass is 9.87. The Morgan fingerprint density at radius 3 is 2.92 bits per heavy atom. The standard InChI is InChI=1S/C17H20N6O/c1-22-12-19-14-11-13(3-4-15(14)22)21-16(24)17(5-8-18-9-6-17)23-10-2-7-20-23/h2-4,7,10-12,18H,5-6,8-9H2,1H3,(H,21,24). The van der Waals surface area contributed by atoms with Crippen molar-refractivity contribution in [2.45, 2.75) is 18.4 Å². The first-order valence-corrected chi connectivity index (χ1v) is 8.12. The van der Waals surface area contributed by atoms with Crippen LogP contribution in [0.5, 0.6) is 0 Å². The smallest absolute Gasteiger partial charge is 0.252 e. The summed E-state index contributed by atoms with van der Waals surface area (Å²) in [5, 5.41) is 10.7. The highest BCUT2D eigenvalue weighted by molar-refractivity contribution is 5.98. The number of fused-ring (bicyclic) bond motifs is 1. The van der Waals surface area contributed by atoms with Crippen molar-refractivity contribution in [3.63, 3.8) is 0 Å². The summed E-state index contributed by atoms with van der Waals surface area (Å²) in [4.78, 5) is 17.5. The van der Waals surface area contributed by atoms with Gasteiger partial charge in [0.15, 0.2) is 0 Å². The fourth-order valence-corrected chi connectivity index (χ4v) is 3.38. The second-order valence-electron chi connectivity index (χ2n) is 6.25. The Morgan fingerprint density at radius 1 is 1.33 bits per heavy atom. The van der Waals surface area contributed by atoms with Crippen molar-refractivity contribution in [2.24, 2.45) is 7.05 Å². The normalized spacial score (nSPS) is 17.0. The van der Waals surface area contributed by atoms with Gasteiger partial charge in [-0.15, -0.1) is 0 Å². The van der Waals surface area contributed by atoms with Crippen LogP contribution in [0.25, 0.3) is 11.0 Å². The molecule has 1 fully saturated rings. The molecule has 0 radical (unpaired) electrons. The van der Waals surface area contributed by atoms with E-state index < -0.39 is 5.54 Å². The molecule has 0 spiro atoms. The van der Waals surface area contributed by atoms with Crippen molar-refractivity contribution in [2.75, 3.05) is 18.4 Å². The summed E-state index contributed by atoms with van der Waals surface area (Å²) in [7, 11) is 1.95. The van der Waals surface area contributed by atoms with Crippen molar-refractivity contribution in [1.29, 1.82) is 0 Å². The Hall–Kier alpha value is -2.67. The molecule has 1 aromatic carbocycles. The van der Waals surface area contributed by atoms with Gasteiger partial charge in [0.05, 0.1) is 17.4 Å². The molecule has 0 bridgehead atoms. The number of hydrogen-bond donors (Lipinski definition) is 2. The average Bonchev–Trinajstić information content (AvgIpc) is 3.26. The molecular formula is C17H20N6O. The number of nitrogens with zero attached hydrogens (tertiary/aromatic N) is 4. The van der Waals surface area contributed by atoms with E-state index in [4.69, 9.17) is 0 Å². The topological polar surface area (TPSA) is 76.8 Å². The molecule has 7 heteroatoms. The Bertz CT molecular complexity index is 860. The van der Waals surface area contributed by atoms with Gasteiger partial charge in [-0.1, -0.05) is 0 Å². The molecule has 0 unspecified atom stereocenters. The zero-order valence-electron chi connectivity index (χ0n) is 13.6. The number of piperidine rings is 1. The van der Waals surface area contributed by atoms with Gasteiger partial charge < -0.3 is 15.2 Å². The van der Waals surface area contributed by atoms with E-state index >= 15 is 0 Å². The number of carbonyl (C=O) groups is 1. The first kappa shape index (κ1) is 14.9. The number of amides is 1. The molecule has 2 N–H and O–H groups in total. The van der Waals surface area contributed by atoms with E-state index in [-0.39, 0.29) is 5.91 Å². The van der Waals surface area contributed by atoms with Gasteiger partial charge in [0.1, 0.15) is 5.54 Å². The summed E-state index contributed by atoms with van der Waals surface area (Å²) in [6, 6.07) is 7.66. The monoisotopic (exact) mass is 324 g/mol. The first-order valence-electron chi connectivity index (χ1n) is 8.12. The van der Waals surface area contributed by atoms with E-state index in [1.807, 2.05) is 42.1 Å². The number of nitrogens with one attached hydrogen (secondary N) is 2. The molecule has 124 valence electrons. The van der Waals surface area contributed by atoms with Gasteiger partial charge in [-0.3, -0.25) is 9.48 Å². The predicted octanol–water partition coefficient (Wildman–Crippen LogP) is 1.49. The van der Waals surface area contributed by atoms with Crippen LogP contribution in [0.1, 0.15) is 12.8 Å². The molecule has 7 nitrogen and oxygen atoms in total. The third-order valence-electron chi connectivity index (χ3n) is 4.78. The zero-order valence-corrected chi connectivity index (χ0v) is 13.6. The van der Waals surface area contributed by atoms with Gasteiger partial charge in [-0.2, -0.15) is 5.10 Å². The number of carbonyl (C=O) groups excluding carboxylic acids is 1. The summed E-state index contributed by atoms with van der Waals surface area (Å²) in [5.41, 5.74) is 2.02.